The summed E-state index contributed by atoms with van der Waals surface area (Å²) in [6.07, 6.45) is 0. The lowest BCUT2D eigenvalue weighted by Gasteiger charge is -2.12. The lowest BCUT2D eigenvalue weighted by Crippen LogP contribution is -2.14. The van der Waals surface area contributed by atoms with Crippen molar-refractivity contribution in [2.75, 3.05) is 10.6 Å². The van der Waals surface area contributed by atoms with E-state index in [2.05, 4.69) is 10.6 Å². The lowest BCUT2D eigenvalue weighted by molar-refractivity contribution is 0.0697. The number of benzene rings is 6. The van der Waals surface area contributed by atoms with Crippen molar-refractivity contribution in [1.82, 2.24) is 0 Å². The number of para-hydroxylation sites is 2. The molecule has 6 aromatic rings. The number of carboxylic acid groups (broad SMARTS) is 1. The van der Waals surface area contributed by atoms with Gasteiger partial charge in [-0.1, -0.05) is 78.9 Å². The molecule has 6 aromatic carbocycles. The molecule has 6 rings (SSSR count). The summed E-state index contributed by atoms with van der Waals surface area (Å²) in [5.41, 5.74) is 2.95. The zero-order chi connectivity index (χ0) is 33.7. The Morgan fingerprint density at radius 1 is 0.479 bits per heavy atom. The van der Waals surface area contributed by atoms with Crippen LogP contribution < -0.4 is 20.1 Å². The Morgan fingerprint density at radius 3 is 1.33 bits per heavy atom. The van der Waals surface area contributed by atoms with E-state index in [0.29, 0.717) is 28.4 Å². The van der Waals surface area contributed by atoms with Crippen molar-refractivity contribution in [3.05, 3.63) is 180 Å². The van der Waals surface area contributed by atoms with Gasteiger partial charge in [-0.2, -0.15) is 0 Å². The lowest BCUT2D eigenvalue weighted by atomic mass is 10.1. The number of aromatic carboxylic acids is 1. The molecule has 2 amide bonds. The zero-order valence-corrected chi connectivity index (χ0v) is 26.0. The summed E-state index contributed by atoms with van der Waals surface area (Å²) in [7, 11) is 0. The van der Waals surface area contributed by atoms with Crippen molar-refractivity contribution in [3.8, 4) is 23.0 Å². The van der Waals surface area contributed by atoms with E-state index in [1.54, 1.807) is 60.7 Å². The van der Waals surface area contributed by atoms with Crippen LogP contribution in [-0.4, -0.2) is 22.9 Å². The summed E-state index contributed by atoms with van der Waals surface area (Å²) in [4.78, 5) is 36.0. The van der Waals surface area contributed by atoms with Crippen LogP contribution in [0.1, 0.15) is 36.6 Å². The highest BCUT2D eigenvalue weighted by atomic mass is 16.5. The minimum Gasteiger partial charge on any atom is -0.478 e. The highest BCUT2D eigenvalue weighted by Gasteiger charge is 2.15. The number of nitrogens with one attached hydrogen (secondary N) is 2. The minimum absolute atomic E-state index is 0.00954. The summed E-state index contributed by atoms with van der Waals surface area (Å²) in [5, 5.41) is 14.9. The molecule has 3 N–H and O–H groups in total. The Morgan fingerprint density at radius 2 is 0.875 bits per heavy atom. The van der Waals surface area contributed by atoms with Gasteiger partial charge >= 0.3 is 5.97 Å². The molecule has 0 bridgehead atoms. The topological polar surface area (TPSA) is 114 Å². The highest BCUT2D eigenvalue weighted by molar-refractivity contribution is 6.08. The number of hydrogen-bond donors (Lipinski definition) is 3. The van der Waals surface area contributed by atoms with Gasteiger partial charge in [0.05, 0.1) is 11.3 Å². The average molecular weight is 637 g/mol. The quantitative estimate of drug-likeness (QED) is 0.146. The number of amides is 2. The van der Waals surface area contributed by atoms with E-state index in [-0.39, 0.29) is 23.1 Å². The maximum Gasteiger partial charge on any atom is 0.337 e. The van der Waals surface area contributed by atoms with Gasteiger partial charge < -0.3 is 25.2 Å². The third kappa shape index (κ3) is 9.18. The molecule has 0 saturated heterocycles. The summed E-state index contributed by atoms with van der Waals surface area (Å²) in [6.45, 7) is 1.95. The van der Waals surface area contributed by atoms with Gasteiger partial charge in [-0.15, -0.1) is 0 Å². The Balaban J connectivity index is 0.000000188. The molecule has 48 heavy (non-hydrogen) atoms. The van der Waals surface area contributed by atoms with Crippen molar-refractivity contribution < 1.29 is 29.0 Å². The normalized spacial score (nSPS) is 10.1. The SMILES string of the molecule is Cc1ccc(Oc2ccccc2)cc1NC(=O)c1ccccc1.O=C(Nc1cc(Oc2ccccc2)ccc1C(=O)O)c1ccccc1. The standard InChI is InChI=1S/C20H15NO4.C20H17NO2/c22-19(14-7-3-1-4-8-14)21-18-13-16(11-12-17(18)20(23)24)25-15-9-5-2-6-10-15;1-15-12-13-18(23-17-10-6-3-7-11-17)14-19(15)21-20(22)16-8-4-2-5-9-16/h1-13H,(H,21,22)(H,23,24);2-14H,1H3,(H,21,22). The fraction of sp³-hybridized carbons (Fsp3) is 0.0250. The summed E-state index contributed by atoms with van der Waals surface area (Å²) < 4.78 is 11.5. The van der Waals surface area contributed by atoms with Crippen molar-refractivity contribution in [2.45, 2.75) is 6.92 Å². The summed E-state index contributed by atoms with van der Waals surface area (Å²) in [5.74, 6) is 0.840. The largest absolute Gasteiger partial charge is 0.478 e. The van der Waals surface area contributed by atoms with Gasteiger partial charge in [-0.25, -0.2) is 4.79 Å². The summed E-state index contributed by atoms with van der Waals surface area (Å²) >= 11 is 0. The average Bonchev–Trinajstić information content (AvgIpc) is 3.11. The zero-order valence-electron chi connectivity index (χ0n) is 26.0. The molecule has 0 unspecified atom stereocenters. The van der Waals surface area contributed by atoms with E-state index in [1.165, 1.54) is 12.1 Å². The third-order valence-corrected chi connectivity index (χ3v) is 6.96. The Hall–Kier alpha value is -6.67. The first-order valence-electron chi connectivity index (χ1n) is 15.0. The fourth-order valence-electron chi connectivity index (χ4n) is 4.49. The van der Waals surface area contributed by atoms with Crippen molar-refractivity contribution >= 4 is 29.2 Å². The number of anilines is 2. The van der Waals surface area contributed by atoms with Crippen LogP contribution in [0.4, 0.5) is 11.4 Å². The molecule has 8 heteroatoms. The highest BCUT2D eigenvalue weighted by Crippen LogP contribution is 2.28. The van der Waals surface area contributed by atoms with Crippen LogP contribution in [-0.2, 0) is 0 Å². The van der Waals surface area contributed by atoms with Crippen LogP contribution in [0.2, 0.25) is 0 Å². The van der Waals surface area contributed by atoms with Crippen LogP contribution in [0.15, 0.2) is 158 Å². The van der Waals surface area contributed by atoms with Crippen LogP contribution in [0.5, 0.6) is 23.0 Å². The molecule has 0 aliphatic heterocycles. The van der Waals surface area contributed by atoms with Crippen LogP contribution in [0.25, 0.3) is 0 Å². The number of ether oxygens (including phenoxy) is 2. The van der Waals surface area contributed by atoms with Crippen molar-refractivity contribution in [3.63, 3.8) is 0 Å². The molecule has 0 aliphatic carbocycles. The second kappa shape index (κ2) is 16.1. The van der Waals surface area contributed by atoms with Crippen LogP contribution in [0, 0.1) is 6.92 Å². The first-order valence-corrected chi connectivity index (χ1v) is 15.0. The van der Waals surface area contributed by atoms with Gasteiger partial charge in [0.2, 0.25) is 0 Å². The molecule has 0 spiro atoms. The van der Waals surface area contributed by atoms with Gasteiger partial charge in [0.1, 0.15) is 23.0 Å². The predicted octanol–water partition coefficient (Wildman–Crippen LogP) is 9.47. The molecule has 0 fully saturated rings. The second-order valence-electron chi connectivity index (χ2n) is 10.5. The van der Waals surface area contributed by atoms with E-state index >= 15 is 0 Å². The number of carboxylic acids is 1. The van der Waals surface area contributed by atoms with Gasteiger partial charge in [0, 0.05) is 28.9 Å². The number of carbonyl (C=O) groups is 3. The third-order valence-electron chi connectivity index (χ3n) is 6.96. The first kappa shape index (κ1) is 32.7. The fourth-order valence-corrected chi connectivity index (χ4v) is 4.49. The van der Waals surface area contributed by atoms with E-state index in [0.717, 1.165) is 17.0 Å². The molecule has 0 aliphatic rings. The Kier molecular flexibility index (Phi) is 10.9. The minimum atomic E-state index is -1.13. The molecule has 0 saturated carbocycles. The summed E-state index contributed by atoms with van der Waals surface area (Å²) in [6, 6.07) is 46.5. The van der Waals surface area contributed by atoms with E-state index in [4.69, 9.17) is 9.47 Å². The molecule has 0 radical (unpaired) electrons. The van der Waals surface area contributed by atoms with Gasteiger partial charge in [-0.3, -0.25) is 9.59 Å². The van der Waals surface area contributed by atoms with Gasteiger partial charge in [0.15, 0.2) is 0 Å². The first-order chi connectivity index (χ1) is 23.4. The predicted molar refractivity (Wildman–Crippen MR) is 186 cm³/mol. The van der Waals surface area contributed by atoms with Gasteiger partial charge in [0.25, 0.3) is 11.8 Å². The Bertz CT molecular complexity index is 1980. The maximum absolute atomic E-state index is 12.3. The van der Waals surface area contributed by atoms with Crippen LogP contribution in [0.3, 0.4) is 0 Å². The van der Waals surface area contributed by atoms with Crippen molar-refractivity contribution in [2.24, 2.45) is 0 Å². The van der Waals surface area contributed by atoms with Crippen molar-refractivity contribution in [1.29, 1.82) is 0 Å². The van der Waals surface area contributed by atoms with Gasteiger partial charge in [-0.05, 0) is 79.2 Å². The molecule has 0 aromatic heterocycles. The number of rotatable bonds is 9. The molecular weight excluding hydrogens is 604 g/mol. The maximum atomic E-state index is 12.3. The smallest absolute Gasteiger partial charge is 0.337 e. The molecule has 0 heterocycles. The number of hydrogen-bond acceptors (Lipinski definition) is 5. The number of carbonyl (C=O) groups excluding carboxylic acids is 2. The van der Waals surface area contributed by atoms with E-state index in [9.17, 15) is 19.5 Å². The molecular formula is C40H32N2O6. The molecule has 8 nitrogen and oxygen atoms in total. The molecule has 238 valence electrons. The van der Waals surface area contributed by atoms with Crippen LogP contribution >= 0.6 is 0 Å². The second-order valence-corrected chi connectivity index (χ2v) is 10.5. The molecule has 0 atom stereocenters. The van der Waals surface area contributed by atoms with E-state index in [1.807, 2.05) is 91.9 Å². The monoisotopic (exact) mass is 636 g/mol. The Labute approximate surface area is 278 Å². The van der Waals surface area contributed by atoms with E-state index < -0.39 is 5.97 Å². The number of aryl methyl sites for hydroxylation is 1.